The fourth-order valence-electron chi connectivity index (χ4n) is 0.524. The summed E-state index contributed by atoms with van der Waals surface area (Å²) in [7, 11) is 1.62. The lowest BCUT2D eigenvalue weighted by molar-refractivity contribution is 0.169. The van der Waals surface area contributed by atoms with Crippen LogP contribution in [0.5, 0.6) is 0 Å². The molecule has 1 unspecified atom stereocenters. The number of amidine groups is 1. The van der Waals surface area contributed by atoms with Crippen molar-refractivity contribution >= 4 is 5.84 Å². The minimum absolute atomic E-state index is 0.0672. The van der Waals surface area contributed by atoms with Gasteiger partial charge in [-0.25, -0.2) is 0 Å². The first-order chi connectivity index (χ1) is 4.57. The molecular weight excluding hydrogens is 128 g/mol. The molecule has 0 aliphatic rings. The number of methoxy groups -OCH3 is 1. The minimum Gasteiger partial charge on any atom is -0.385 e. The van der Waals surface area contributed by atoms with Crippen LogP contribution in [0.15, 0.2) is 4.99 Å². The van der Waals surface area contributed by atoms with Crippen molar-refractivity contribution in [1.29, 1.82) is 0 Å². The highest BCUT2D eigenvalue weighted by atomic mass is 16.5. The average molecular weight is 144 g/mol. The van der Waals surface area contributed by atoms with Crippen LogP contribution in [0.2, 0.25) is 0 Å². The number of rotatable bonds is 3. The molecule has 0 heterocycles. The van der Waals surface area contributed by atoms with Gasteiger partial charge in [-0.2, -0.15) is 0 Å². The molecule has 0 rings (SSSR count). The van der Waals surface area contributed by atoms with Gasteiger partial charge in [0.15, 0.2) is 0 Å². The second-order valence-electron chi connectivity index (χ2n) is 2.53. The Balaban J connectivity index is 3.91. The van der Waals surface area contributed by atoms with E-state index in [9.17, 15) is 0 Å². The maximum atomic E-state index is 5.55. The van der Waals surface area contributed by atoms with E-state index < -0.39 is 0 Å². The molecule has 60 valence electrons. The fourth-order valence-corrected chi connectivity index (χ4v) is 0.524. The molecule has 0 aliphatic carbocycles. The van der Waals surface area contributed by atoms with Gasteiger partial charge in [-0.05, 0) is 20.8 Å². The average Bonchev–Trinajstić information content (AvgIpc) is 1.85. The zero-order valence-corrected chi connectivity index (χ0v) is 7.09. The van der Waals surface area contributed by atoms with E-state index in [4.69, 9.17) is 10.5 Å². The van der Waals surface area contributed by atoms with Crippen LogP contribution in [0, 0.1) is 0 Å². The lowest BCUT2D eigenvalue weighted by atomic mass is 10.3. The normalized spacial score (nSPS) is 15.9. The molecule has 0 spiro atoms. The molecule has 0 bridgehead atoms. The van der Waals surface area contributed by atoms with Crippen molar-refractivity contribution in [3.05, 3.63) is 0 Å². The molecule has 0 aliphatic heterocycles. The Hall–Kier alpha value is -0.570. The lowest BCUT2D eigenvalue weighted by Gasteiger charge is -2.09. The summed E-state index contributed by atoms with van der Waals surface area (Å²) < 4.78 is 4.96. The van der Waals surface area contributed by atoms with E-state index in [2.05, 4.69) is 4.99 Å². The molecule has 0 radical (unpaired) electrons. The van der Waals surface area contributed by atoms with E-state index >= 15 is 0 Å². The number of hydrogen-bond acceptors (Lipinski definition) is 2. The molecule has 0 amide bonds. The topological polar surface area (TPSA) is 47.6 Å². The van der Waals surface area contributed by atoms with E-state index in [0.717, 1.165) is 0 Å². The van der Waals surface area contributed by atoms with Gasteiger partial charge >= 0.3 is 0 Å². The van der Waals surface area contributed by atoms with Gasteiger partial charge in [0.25, 0.3) is 0 Å². The Morgan fingerprint density at radius 2 is 1.90 bits per heavy atom. The molecule has 0 fully saturated rings. The third-order valence-electron chi connectivity index (χ3n) is 1.18. The van der Waals surface area contributed by atoms with Gasteiger partial charge in [0.05, 0.1) is 0 Å². The zero-order chi connectivity index (χ0) is 8.15. The highest BCUT2D eigenvalue weighted by Crippen LogP contribution is 1.91. The summed E-state index contributed by atoms with van der Waals surface area (Å²) in [6.07, 6.45) is -0.0672. The van der Waals surface area contributed by atoms with Crippen LogP contribution in [0.25, 0.3) is 0 Å². The molecule has 2 N–H and O–H groups in total. The van der Waals surface area contributed by atoms with E-state index in [1.165, 1.54) is 0 Å². The fraction of sp³-hybridized carbons (Fsp3) is 0.857. The number of ether oxygens (including phenoxy) is 1. The first kappa shape index (κ1) is 9.43. The summed E-state index contributed by atoms with van der Waals surface area (Å²) >= 11 is 0. The van der Waals surface area contributed by atoms with Crippen molar-refractivity contribution in [2.45, 2.75) is 32.9 Å². The van der Waals surface area contributed by atoms with Crippen molar-refractivity contribution < 1.29 is 4.74 Å². The van der Waals surface area contributed by atoms with Gasteiger partial charge in [0.1, 0.15) is 11.9 Å². The molecule has 0 saturated carbocycles. The Morgan fingerprint density at radius 3 is 2.20 bits per heavy atom. The Bertz CT molecular complexity index is 121. The van der Waals surface area contributed by atoms with Crippen LogP contribution in [0.1, 0.15) is 20.8 Å². The van der Waals surface area contributed by atoms with E-state index in [-0.39, 0.29) is 12.1 Å². The van der Waals surface area contributed by atoms with Gasteiger partial charge < -0.3 is 10.5 Å². The molecule has 1 atom stereocenters. The summed E-state index contributed by atoms with van der Waals surface area (Å²) in [5.41, 5.74) is 5.55. The van der Waals surface area contributed by atoms with Crippen LogP contribution in [0.4, 0.5) is 0 Å². The maximum absolute atomic E-state index is 5.55. The molecule has 3 nitrogen and oxygen atoms in total. The Morgan fingerprint density at radius 1 is 1.40 bits per heavy atom. The number of nitrogens with zero attached hydrogens (tertiary/aromatic N) is 1. The number of aliphatic imine (C=N–C) groups is 1. The van der Waals surface area contributed by atoms with Gasteiger partial charge in [-0.15, -0.1) is 0 Å². The van der Waals surface area contributed by atoms with Gasteiger partial charge in [0, 0.05) is 13.2 Å². The summed E-state index contributed by atoms with van der Waals surface area (Å²) in [5, 5.41) is 0. The first-order valence-corrected chi connectivity index (χ1v) is 3.44. The van der Waals surface area contributed by atoms with Crippen LogP contribution in [-0.2, 0) is 4.74 Å². The van der Waals surface area contributed by atoms with Crippen molar-refractivity contribution in [2.24, 2.45) is 10.7 Å². The summed E-state index contributed by atoms with van der Waals surface area (Å²) in [6.45, 7) is 5.84. The van der Waals surface area contributed by atoms with Gasteiger partial charge in [-0.1, -0.05) is 0 Å². The monoisotopic (exact) mass is 144 g/mol. The van der Waals surface area contributed by atoms with E-state index in [0.29, 0.717) is 5.84 Å². The smallest absolute Gasteiger partial charge is 0.123 e. The Kier molecular flexibility index (Phi) is 4.03. The quantitative estimate of drug-likeness (QED) is 0.470. The molecule has 10 heavy (non-hydrogen) atoms. The van der Waals surface area contributed by atoms with E-state index in [1.807, 2.05) is 20.8 Å². The second kappa shape index (κ2) is 4.28. The SMILES string of the molecule is COC(C)C(N)=NC(C)C. The predicted molar refractivity (Wildman–Crippen MR) is 43.2 cm³/mol. The molecule has 0 aromatic rings. The molecule has 0 aromatic heterocycles. The van der Waals surface area contributed by atoms with Gasteiger partial charge in [-0.3, -0.25) is 4.99 Å². The van der Waals surface area contributed by atoms with Crippen LogP contribution in [0.3, 0.4) is 0 Å². The standard InChI is InChI=1S/C7H16N2O/c1-5(2)9-7(8)6(3)10-4/h5-6H,1-4H3,(H2,8,9). The Labute approximate surface area is 62.3 Å². The highest BCUT2D eigenvalue weighted by Gasteiger charge is 2.03. The molecule has 3 heteroatoms. The minimum atomic E-state index is -0.0672. The molecular formula is C7H16N2O. The second-order valence-corrected chi connectivity index (χ2v) is 2.53. The zero-order valence-electron chi connectivity index (χ0n) is 7.09. The van der Waals surface area contributed by atoms with Crippen molar-refractivity contribution in [3.63, 3.8) is 0 Å². The number of nitrogens with two attached hydrogens (primary N) is 1. The molecule has 0 saturated heterocycles. The third-order valence-corrected chi connectivity index (χ3v) is 1.18. The van der Waals surface area contributed by atoms with Crippen molar-refractivity contribution in [2.75, 3.05) is 7.11 Å². The van der Waals surface area contributed by atoms with Crippen molar-refractivity contribution in [3.8, 4) is 0 Å². The van der Waals surface area contributed by atoms with Gasteiger partial charge in [0.2, 0.25) is 0 Å². The predicted octanol–water partition coefficient (Wildman–Crippen LogP) is 0.787. The first-order valence-electron chi connectivity index (χ1n) is 3.44. The largest absolute Gasteiger partial charge is 0.385 e. The summed E-state index contributed by atoms with van der Waals surface area (Å²) in [5.74, 6) is 0.567. The lowest BCUT2D eigenvalue weighted by Crippen LogP contribution is -2.28. The van der Waals surface area contributed by atoms with Crippen LogP contribution < -0.4 is 5.73 Å². The number of hydrogen-bond donors (Lipinski definition) is 1. The summed E-state index contributed by atoms with van der Waals surface area (Å²) in [4.78, 5) is 4.12. The van der Waals surface area contributed by atoms with Crippen LogP contribution >= 0.6 is 0 Å². The van der Waals surface area contributed by atoms with Crippen LogP contribution in [-0.4, -0.2) is 25.1 Å². The summed E-state index contributed by atoms with van der Waals surface area (Å²) in [6, 6.07) is 0.248. The molecule has 0 aromatic carbocycles. The van der Waals surface area contributed by atoms with E-state index in [1.54, 1.807) is 7.11 Å². The van der Waals surface area contributed by atoms with Crippen molar-refractivity contribution in [1.82, 2.24) is 0 Å². The maximum Gasteiger partial charge on any atom is 0.123 e. The highest BCUT2D eigenvalue weighted by molar-refractivity contribution is 5.84. The third kappa shape index (κ3) is 3.45.